The number of halogens is 1. The van der Waals surface area contributed by atoms with E-state index in [4.69, 9.17) is 0 Å². The van der Waals surface area contributed by atoms with Gasteiger partial charge in [-0.1, -0.05) is 6.07 Å². The molecule has 0 saturated carbocycles. The van der Waals surface area contributed by atoms with Crippen LogP contribution in [0, 0.1) is 10.5 Å². The topological polar surface area (TPSA) is 70.2 Å². The largest absolute Gasteiger partial charge is 0.356 e. The van der Waals surface area contributed by atoms with E-state index in [1.54, 1.807) is 0 Å². The van der Waals surface area contributed by atoms with E-state index >= 15 is 0 Å². The van der Waals surface area contributed by atoms with Crippen LogP contribution < -0.4 is 15.5 Å². The lowest BCUT2D eigenvalue weighted by Crippen LogP contribution is -2.31. The molecule has 1 fully saturated rings. The molecule has 3 rings (SSSR count). The molecule has 26 heavy (non-hydrogen) atoms. The van der Waals surface area contributed by atoms with Crippen LogP contribution in [-0.2, 0) is 0 Å². The van der Waals surface area contributed by atoms with Gasteiger partial charge in [0, 0.05) is 47.1 Å². The third kappa shape index (κ3) is 5.30. The van der Waals surface area contributed by atoms with Gasteiger partial charge in [0.2, 0.25) is 5.95 Å². The predicted molar refractivity (Wildman–Crippen MR) is 113 cm³/mol. The average molecular weight is 465 g/mol. The number of carbonyl (C=O) groups is 1. The van der Waals surface area contributed by atoms with Gasteiger partial charge in [0.25, 0.3) is 5.91 Å². The SMILES string of the molecule is Cc1cc(N2CCCCC2)nc(NCCNC(=O)c2cccc(I)c2)n1. The first-order chi connectivity index (χ1) is 12.6. The molecule has 0 spiro atoms. The van der Waals surface area contributed by atoms with Gasteiger partial charge in [0.15, 0.2) is 0 Å². The van der Waals surface area contributed by atoms with Crippen LogP contribution in [0.1, 0.15) is 35.3 Å². The molecule has 1 amide bonds. The number of benzene rings is 1. The number of nitrogens with one attached hydrogen (secondary N) is 2. The molecule has 6 nitrogen and oxygen atoms in total. The molecule has 138 valence electrons. The molecule has 7 heteroatoms. The van der Waals surface area contributed by atoms with E-state index in [0.717, 1.165) is 28.2 Å². The molecule has 1 aliphatic heterocycles. The zero-order valence-corrected chi connectivity index (χ0v) is 17.1. The Kier molecular flexibility index (Phi) is 6.65. The number of hydrogen-bond acceptors (Lipinski definition) is 5. The first kappa shape index (κ1) is 18.9. The number of amides is 1. The van der Waals surface area contributed by atoms with E-state index in [0.29, 0.717) is 24.6 Å². The van der Waals surface area contributed by atoms with Gasteiger partial charge in [-0.25, -0.2) is 4.98 Å². The number of nitrogens with zero attached hydrogens (tertiary/aromatic N) is 3. The lowest BCUT2D eigenvalue weighted by molar-refractivity contribution is 0.0955. The summed E-state index contributed by atoms with van der Waals surface area (Å²) < 4.78 is 1.05. The Balaban J connectivity index is 1.51. The Morgan fingerprint density at radius 2 is 1.96 bits per heavy atom. The molecule has 1 saturated heterocycles. The second-order valence-electron chi connectivity index (χ2n) is 6.43. The highest BCUT2D eigenvalue weighted by atomic mass is 127. The summed E-state index contributed by atoms with van der Waals surface area (Å²) in [5, 5.41) is 6.14. The highest BCUT2D eigenvalue weighted by Gasteiger charge is 2.13. The van der Waals surface area contributed by atoms with Crippen molar-refractivity contribution in [3.63, 3.8) is 0 Å². The lowest BCUT2D eigenvalue weighted by Gasteiger charge is -2.28. The Labute approximate surface area is 167 Å². The molecule has 1 aromatic carbocycles. The average Bonchev–Trinajstić information content (AvgIpc) is 2.65. The fourth-order valence-corrected chi connectivity index (χ4v) is 3.54. The Bertz CT molecular complexity index is 761. The molecule has 1 aliphatic rings. The van der Waals surface area contributed by atoms with E-state index in [1.165, 1.54) is 19.3 Å². The van der Waals surface area contributed by atoms with Crippen molar-refractivity contribution < 1.29 is 4.79 Å². The first-order valence-corrected chi connectivity index (χ1v) is 10.1. The molecule has 0 atom stereocenters. The van der Waals surface area contributed by atoms with Crippen LogP contribution >= 0.6 is 22.6 Å². The first-order valence-electron chi connectivity index (χ1n) is 9.00. The summed E-state index contributed by atoms with van der Waals surface area (Å²) in [7, 11) is 0. The van der Waals surface area contributed by atoms with Crippen molar-refractivity contribution in [3.05, 3.63) is 45.2 Å². The quantitative estimate of drug-likeness (QED) is 0.507. The molecule has 2 aromatic rings. The van der Waals surface area contributed by atoms with Crippen LogP contribution in [-0.4, -0.2) is 42.1 Å². The molecule has 2 heterocycles. The van der Waals surface area contributed by atoms with Gasteiger partial charge in [0.1, 0.15) is 5.82 Å². The van der Waals surface area contributed by atoms with E-state index in [-0.39, 0.29) is 5.91 Å². The predicted octanol–water partition coefficient (Wildman–Crippen LogP) is 3.22. The second-order valence-corrected chi connectivity index (χ2v) is 7.68. The van der Waals surface area contributed by atoms with Crippen molar-refractivity contribution in [1.29, 1.82) is 0 Å². The molecule has 0 unspecified atom stereocenters. The minimum Gasteiger partial charge on any atom is -0.356 e. The van der Waals surface area contributed by atoms with Crippen molar-refractivity contribution in [3.8, 4) is 0 Å². The summed E-state index contributed by atoms with van der Waals surface area (Å²) in [5.41, 5.74) is 1.63. The maximum Gasteiger partial charge on any atom is 0.251 e. The van der Waals surface area contributed by atoms with Gasteiger partial charge >= 0.3 is 0 Å². The maximum absolute atomic E-state index is 12.1. The van der Waals surface area contributed by atoms with Gasteiger partial charge in [-0.05, 0) is 67.0 Å². The van der Waals surface area contributed by atoms with Crippen LogP contribution in [0.25, 0.3) is 0 Å². The van der Waals surface area contributed by atoms with Crippen molar-refractivity contribution in [2.45, 2.75) is 26.2 Å². The molecular formula is C19H24IN5O. The number of carbonyl (C=O) groups excluding carboxylic acids is 1. The molecule has 2 N–H and O–H groups in total. The highest BCUT2D eigenvalue weighted by Crippen LogP contribution is 2.19. The van der Waals surface area contributed by atoms with Crippen molar-refractivity contribution in [1.82, 2.24) is 15.3 Å². The van der Waals surface area contributed by atoms with E-state index < -0.39 is 0 Å². The number of hydrogen-bond donors (Lipinski definition) is 2. The van der Waals surface area contributed by atoms with Crippen LogP contribution in [0.2, 0.25) is 0 Å². The fraction of sp³-hybridized carbons (Fsp3) is 0.421. The third-order valence-electron chi connectivity index (χ3n) is 4.30. The zero-order valence-electron chi connectivity index (χ0n) is 15.0. The minimum absolute atomic E-state index is 0.0653. The molecule has 0 aliphatic carbocycles. The third-order valence-corrected chi connectivity index (χ3v) is 4.97. The van der Waals surface area contributed by atoms with E-state index in [2.05, 4.69) is 48.1 Å². The summed E-state index contributed by atoms with van der Waals surface area (Å²) in [5.74, 6) is 1.54. The minimum atomic E-state index is -0.0653. The van der Waals surface area contributed by atoms with Crippen LogP contribution in [0.4, 0.5) is 11.8 Å². The number of anilines is 2. The maximum atomic E-state index is 12.1. The zero-order chi connectivity index (χ0) is 18.4. The molecule has 0 radical (unpaired) electrons. The fourth-order valence-electron chi connectivity index (χ4n) is 3.00. The van der Waals surface area contributed by atoms with Crippen LogP contribution in [0.3, 0.4) is 0 Å². The van der Waals surface area contributed by atoms with Crippen LogP contribution in [0.15, 0.2) is 30.3 Å². The Morgan fingerprint density at radius 3 is 2.73 bits per heavy atom. The monoisotopic (exact) mass is 465 g/mol. The molecular weight excluding hydrogens is 441 g/mol. The van der Waals surface area contributed by atoms with Crippen molar-refractivity contribution in [2.75, 3.05) is 36.4 Å². The summed E-state index contributed by atoms with van der Waals surface area (Å²) in [4.78, 5) is 23.6. The summed E-state index contributed by atoms with van der Waals surface area (Å²) in [6, 6.07) is 9.58. The van der Waals surface area contributed by atoms with E-state index in [9.17, 15) is 4.79 Å². The normalized spacial score (nSPS) is 14.2. The molecule has 0 bridgehead atoms. The number of aryl methyl sites for hydroxylation is 1. The Morgan fingerprint density at radius 1 is 1.15 bits per heavy atom. The van der Waals surface area contributed by atoms with Gasteiger partial charge < -0.3 is 15.5 Å². The number of aromatic nitrogens is 2. The van der Waals surface area contributed by atoms with E-state index in [1.807, 2.05) is 37.3 Å². The van der Waals surface area contributed by atoms with Gasteiger partial charge in [0.05, 0.1) is 0 Å². The van der Waals surface area contributed by atoms with Crippen molar-refractivity contribution in [2.24, 2.45) is 0 Å². The second kappa shape index (κ2) is 9.16. The number of piperidine rings is 1. The van der Waals surface area contributed by atoms with Gasteiger partial charge in [-0.15, -0.1) is 0 Å². The van der Waals surface area contributed by atoms with Crippen molar-refractivity contribution >= 4 is 40.3 Å². The summed E-state index contributed by atoms with van der Waals surface area (Å²) in [6.45, 7) is 5.20. The molecule has 1 aromatic heterocycles. The summed E-state index contributed by atoms with van der Waals surface area (Å²) >= 11 is 2.20. The lowest BCUT2D eigenvalue weighted by atomic mass is 10.1. The highest BCUT2D eigenvalue weighted by molar-refractivity contribution is 14.1. The standard InChI is InChI=1S/C19H24IN5O/c1-14-12-17(25-10-3-2-4-11-25)24-19(23-14)22-9-8-21-18(26)15-6-5-7-16(20)13-15/h5-7,12-13H,2-4,8-11H2,1H3,(H,21,26)(H,22,23,24). The smallest absolute Gasteiger partial charge is 0.251 e. The number of rotatable bonds is 6. The van der Waals surface area contributed by atoms with Gasteiger partial charge in [-0.2, -0.15) is 4.98 Å². The van der Waals surface area contributed by atoms with Gasteiger partial charge in [-0.3, -0.25) is 4.79 Å². The van der Waals surface area contributed by atoms with Crippen LogP contribution in [0.5, 0.6) is 0 Å². The summed E-state index contributed by atoms with van der Waals surface area (Å²) in [6.07, 6.45) is 3.73. The Hall–Kier alpha value is -1.90.